The quantitative estimate of drug-likeness (QED) is 0.440. The lowest BCUT2D eigenvalue weighted by Gasteiger charge is -2.05. The van der Waals surface area contributed by atoms with Gasteiger partial charge in [0.25, 0.3) is 0 Å². The number of hydrogen-bond acceptors (Lipinski definition) is 5. The fourth-order valence-electron chi connectivity index (χ4n) is 0.810. The molecule has 1 heterocycles. The molecule has 0 bridgehead atoms. The number of ether oxygens (including phenoxy) is 1. The maximum Gasteiger partial charge on any atom is 0.339 e. The molecule has 1 rings (SSSR count). The van der Waals surface area contributed by atoms with E-state index in [1.165, 1.54) is 11.4 Å². The van der Waals surface area contributed by atoms with Gasteiger partial charge < -0.3 is 4.74 Å². The van der Waals surface area contributed by atoms with E-state index >= 15 is 0 Å². The van der Waals surface area contributed by atoms with Gasteiger partial charge >= 0.3 is 11.0 Å². The first-order chi connectivity index (χ1) is 6.50. The monoisotopic (exact) mass is 215 g/mol. The molecule has 76 valence electrons. The zero-order valence-corrected chi connectivity index (χ0v) is 8.54. The third kappa shape index (κ3) is 2.53. The largest absolute Gasteiger partial charge is 0.459 e. The molecule has 0 aromatic carbocycles. The Balaban J connectivity index is 2.76. The van der Waals surface area contributed by atoms with Crippen LogP contribution in [0.15, 0.2) is 11.4 Å². The Morgan fingerprint density at radius 3 is 2.71 bits per heavy atom. The number of nitro groups is 1. The van der Waals surface area contributed by atoms with Crippen LogP contribution in [0.5, 0.6) is 0 Å². The van der Waals surface area contributed by atoms with Gasteiger partial charge in [-0.05, 0) is 13.8 Å². The first-order valence-electron chi connectivity index (χ1n) is 3.94. The number of esters is 1. The first kappa shape index (κ1) is 10.6. The van der Waals surface area contributed by atoms with E-state index in [2.05, 4.69) is 0 Å². The van der Waals surface area contributed by atoms with Crippen molar-refractivity contribution in [3.8, 4) is 0 Å². The van der Waals surface area contributed by atoms with Crippen LogP contribution in [-0.2, 0) is 4.74 Å². The molecule has 1 aromatic heterocycles. The molecule has 0 spiro atoms. The Hall–Kier alpha value is -1.43. The smallest absolute Gasteiger partial charge is 0.339 e. The summed E-state index contributed by atoms with van der Waals surface area (Å²) in [5.74, 6) is -0.524. The summed E-state index contributed by atoms with van der Waals surface area (Å²) in [7, 11) is 0. The number of hydrogen-bond donors (Lipinski definition) is 0. The summed E-state index contributed by atoms with van der Waals surface area (Å²) < 4.78 is 4.87. The molecule has 0 aliphatic heterocycles. The second-order valence-corrected chi connectivity index (χ2v) is 3.77. The van der Waals surface area contributed by atoms with Crippen molar-refractivity contribution in [1.29, 1.82) is 0 Å². The minimum atomic E-state index is -0.531. The molecule has 0 saturated heterocycles. The summed E-state index contributed by atoms with van der Waals surface area (Å²) in [5, 5.41) is 11.7. The molecule has 0 aliphatic rings. The maximum absolute atomic E-state index is 11.3. The minimum Gasteiger partial charge on any atom is -0.459 e. The van der Waals surface area contributed by atoms with Gasteiger partial charge in [-0.2, -0.15) is 0 Å². The van der Waals surface area contributed by atoms with Crippen molar-refractivity contribution < 1.29 is 14.5 Å². The molecule has 5 nitrogen and oxygen atoms in total. The van der Waals surface area contributed by atoms with E-state index in [-0.39, 0.29) is 16.7 Å². The minimum absolute atomic E-state index is 0.0549. The molecule has 0 amide bonds. The molecule has 0 atom stereocenters. The predicted molar refractivity (Wildman–Crippen MR) is 51.5 cm³/mol. The van der Waals surface area contributed by atoms with Crippen molar-refractivity contribution in [2.24, 2.45) is 0 Å². The van der Waals surface area contributed by atoms with Crippen molar-refractivity contribution in [2.45, 2.75) is 20.0 Å². The van der Waals surface area contributed by atoms with E-state index in [0.29, 0.717) is 0 Å². The molecule has 0 fully saturated rings. The Labute approximate surface area is 84.5 Å². The summed E-state index contributed by atoms with van der Waals surface area (Å²) in [5.41, 5.74) is 0.232. The van der Waals surface area contributed by atoms with Crippen molar-refractivity contribution >= 4 is 22.3 Å². The second-order valence-electron chi connectivity index (χ2n) is 2.88. The fourth-order valence-corrected chi connectivity index (χ4v) is 1.50. The zero-order valence-electron chi connectivity index (χ0n) is 7.72. The summed E-state index contributed by atoms with van der Waals surface area (Å²) in [6, 6.07) is 1.22. The third-order valence-corrected chi connectivity index (χ3v) is 2.22. The normalized spacial score (nSPS) is 10.2. The van der Waals surface area contributed by atoms with Crippen LogP contribution in [0, 0.1) is 10.1 Å². The molecule has 0 N–H and O–H groups in total. The Morgan fingerprint density at radius 2 is 2.29 bits per heavy atom. The maximum atomic E-state index is 11.3. The highest BCUT2D eigenvalue weighted by Gasteiger charge is 2.16. The van der Waals surface area contributed by atoms with Crippen LogP contribution in [0.25, 0.3) is 0 Å². The van der Waals surface area contributed by atoms with E-state index < -0.39 is 10.9 Å². The molecule has 6 heteroatoms. The van der Waals surface area contributed by atoms with Crippen molar-refractivity contribution in [3.63, 3.8) is 0 Å². The van der Waals surface area contributed by atoms with Gasteiger partial charge in [0, 0.05) is 11.4 Å². The molecule has 1 aromatic rings. The van der Waals surface area contributed by atoms with E-state index in [1.54, 1.807) is 13.8 Å². The molecular formula is C8H9NO4S. The number of nitrogens with zero attached hydrogens (tertiary/aromatic N) is 1. The molecule has 0 saturated carbocycles. The highest BCUT2D eigenvalue weighted by atomic mass is 32.1. The first-order valence-corrected chi connectivity index (χ1v) is 4.82. The fraction of sp³-hybridized carbons (Fsp3) is 0.375. The summed E-state index contributed by atoms with van der Waals surface area (Å²) in [6.45, 7) is 3.44. The molecular weight excluding hydrogens is 206 g/mol. The van der Waals surface area contributed by atoms with Crippen LogP contribution in [0.2, 0.25) is 0 Å². The summed E-state index contributed by atoms with van der Waals surface area (Å²) in [4.78, 5) is 21.0. The molecule has 0 radical (unpaired) electrons. The second kappa shape index (κ2) is 4.19. The molecule has 14 heavy (non-hydrogen) atoms. The zero-order chi connectivity index (χ0) is 10.7. The highest BCUT2D eigenvalue weighted by molar-refractivity contribution is 7.13. The average molecular weight is 215 g/mol. The van der Waals surface area contributed by atoms with Gasteiger partial charge in [0.15, 0.2) is 0 Å². The average Bonchev–Trinajstić information content (AvgIpc) is 2.50. The molecule has 0 aliphatic carbocycles. The van der Waals surface area contributed by atoms with Crippen LogP contribution < -0.4 is 0 Å². The van der Waals surface area contributed by atoms with E-state index in [0.717, 1.165) is 11.3 Å². The number of rotatable bonds is 3. The lowest BCUT2D eigenvalue weighted by atomic mass is 10.3. The number of thiophene rings is 1. The number of carbonyl (C=O) groups is 1. The van der Waals surface area contributed by atoms with Crippen LogP contribution in [0.4, 0.5) is 5.00 Å². The topological polar surface area (TPSA) is 69.4 Å². The van der Waals surface area contributed by atoms with Crippen LogP contribution >= 0.6 is 11.3 Å². The van der Waals surface area contributed by atoms with Gasteiger partial charge in [-0.1, -0.05) is 11.3 Å². The SMILES string of the molecule is CC(C)OC(=O)c1csc([N+](=O)[O-])c1. The van der Waals surface area contributed by atoms with E-state index in [9.17, 15) is 14.9 Å². The predicted octanol–water partition coefficient (Wildman–Crippen LogP) is 2.22. The van der Waals surface area contributed by atoms with Gasteiger partial charge in [-0.15, -0.1) is 0 Å². The highest BCUT2D eigenvalue weighted by Crippen LogP contribution is 2.23. The Morgan fingerprint density at radius 1 is 1.64 bits per heavy atom. The lowest BCUT2D eigenvalue weighted by Crippen LogP contribution is -2.10. The van der Waals surface area contributed by atoms with E-state index in [1.807, 2.05) is 0 Å². The van der Waals surface area contributed by atoms with Crippen LogP contribution in [0.3, 0.4) is 0 Å². The van der Waals surface area contributed by atoms with Crippen molar-refractivity contribution in [3.05, 3.63) is 27.1 Å². The third-order valence-electron chi connectivity index (χ3n) is 1.34. The number of carbonyl (C=O) groups excluding carboxylic acids is 1. The van der Waals surface area contributed by atoms with Crippen molar-refractivity contribution in [1.82, 2.24) is 0 Å². The van der Waals surface area contributed by atoms with Gasteiger partial charge in [-0.25, -0.2) is 4.79 Å². The van der Waals surface area contributed by atoms with Gasteiger partial charge in [0.1, 0.15) is 0 Å². The van der Waals surface area contributed by atoms with Gasteiger partial charge in [-0.3, -0.25) is 10.1 Å². The Bertz CT molecular complexity index is 358. The summed E-state index contributed by atoms with van der Waals surface area (Å²) >= 11 is 0.913. The van der Waals surface area contributed by atoms with Crippen molar-refractivity contribution in [2.75, 3.05) is 0 Å². The molecule has 0 unspecified atom stereocenters. The van der Waals surface area contributed by atoms with Crippen LogP contribution in [0.1, 0.15) is 24.2 Å². The van der Waals surface area contributed by atoms with E-state index in [4.69, 9.17) is 4.74 Å². The van der Waals surface area contributed by atoms with Gasteiger partial charge in [0.05, 0.1) is 16.6 Å². The Kier molecular flexibility index (Phi) is 3.19. The van der Waals surface area contributed by atoms with Gasteiger partial charge in [0.2, 0.25) is 0 Å². The standard InChI is InChI=1S/C8H9NO4S/c1-5(2)13-8(10)6-3-7(9(11)12)14-4-6/h3-5H,1-2H3. The lowest BCUT2D eigenvalue weighted by molar-refractivity contribution is -0.380. The summed E-state index contributed by atoms with van der Waals surface area (Å²) in [6.07, 6.45) is -0.221. The van der Waals surface area contributed by atoms with Crippen LogP contribution in [-0.4, -0.2) is 17.0 Å².